The third-order valence-electron chi connectivity index (χ3n) is 6.56. The number of nitrogens with one attached hydrogen (secondary N) is 1. The van der Waals surface area contributed by atoms with Crippen LogP contribution < -0.4 is 4.74 Å². The second-order valence-corrected chi connectivity index (χ2v) is 8.68. The van der Waals surface area contributed by atoms with Crippen molar-refractivity contribution < 1.29 is 31.9 Å². The molecule has 3 heterocycles. The normalized spacial score (nSPS) is 17.2. The molecule has 1 saturated heterocycles. The smallest absolute Gasteiger partial charge is 0.406 e. The van der Waals surface area contributed by atoms with Gasteiger partial charge in [-0.05, 0) is 55.0 Å². The Hall–Kier alpha value is -3.43. The van der Waals surface area contributed by atoms with Gasteiger partial charge in [0.2, 0.25) is 0 Å². The number of carbonyl (C=O) groups excluding carboxylic acids is 2. The van der Waals surface area contributed by atoms with Crippen LogP contribution in [0.15, 0.2) is 30.5 Å². The lowest BCUT2D eigenvalue weighted by atomic mass is 9.85. The summed E-state index contributed by atoms with van der Waals surface area (Å²) in [4.78, 5) is 33.9. The van der Waals surface area contributed by atoms with Gasteiger partial charge in [0.25, 0.3) is 5.91 Å². The number of aromatic amines is 1. The summed E-state index contributed by atoms with van der Waals surface area (Å²) in [6, 6.07) is 4.80. The molecule has 0 saturated carbocycles. The molecule has 0 bridgehead atoms. The highest BCUT2D eigenvalue weighted by Gasteiger charge is 2.32. The van der Waals surface area contributed by atoms with Gasteiger partial charge in [0, 0.05) is 48.1 Å². The number of hydrogen-bond acceptors (Lipinski definition) is 4. The number of piperidine rings is 1. The molecule has 1 aliphatic carbocycles. The number of aryl methyl sites for hydroxylation is 1. The molecule has 0 radical (unpaired) electrons. The van der Waals surface area contributed by atoms with Gasteiger partial charge in [0.1, 0.15) is 23.0 Å². The SMILES string of the molecule is O=C1CCc2[nH]c3ncc(F)c(C4CCN(C(=O)c5ccc(OC(F)(F)F)cc5)CC4)c3c2C1. The Kier molecular flexibility index (Phi) is 5.53. The molecule has 34 heavy (non-hydrogen) atoms. The van der Waals surface area contributed by atoms with E-state index in [4.69, 9.17) is 0 Å². The van der Waals surface area contributed by atoms with Gasteiger partial charge in [-0.25, -0.2) is 9.37 Å². The Labute approximate surface area is 191 Å². The average Bonchev–Trinajstić information content (AvgIpc) is 3.16. The molecule has 0 spiro atoms. The Morgan fingerprint density at radius 3 is 2.50 bits per heavy atom. The molecule has 3 aromatic rings. The lowest BCUT2D eigenvalue weighted by Crippen LogP contribution is -2.38. The van der Waals surface area contributed by atoms with Crippen molar-refractivity contribution in [2.45, 2.75) is 44.4 Å². The van der Waals surface area contributed by atoms with E-state index in [1.54, 1.807) is 4.90 Å². The van der Waals surface area contributed by atoms with Crippen molar-refractivity contribution in [1.82, 2.24) is 14.9 Å². The number of halogens is 4. The van der Waals surface area contributed by atoms with Crippen molar-refractivity contribution in [2.75, 3.05) is 13.1 Å². The van der Waals surface area contributed by atoms with E-state index in [-0.39, 0.29) is 29.6 Å². The molecule has 178 valence electrons. The van der Waals surface area contributed by atoms with Crippen LogP contribution >= 0.6 is 0 Å². The summed E-state index contributed by atoms with van der Waals surface area (Å²) >= 11 is 0. The molecule has 1 N–H and O–H groups in total. The Morgan fingerprint density at radius 1 is 1.12 bits per heavy atom. The molecular formula is C24H21F4N3O3. The number of nitrogens with zero attached hydrogens (tertiary/aromatic N) is 2. The van der Waals surface area contributed by atoms with Crippen molar-refractivity contribution >= 4 is 22.7 Å². The first-order valence-electron chi connectivity index (χ1n) is 11.0. The molecule has 6 nitrogen and oxygen atoms in total. The fourth-order valence-corrected chi connectivity index (χ4v) is 4.98. The van der Waals surface area contributed by atoms with Crippen molar-refractivity contribution in [3.05, 3.63) is 58.7 Å². The van der Waals surface area contributed by atoms with Gasteiger partial charge in [-0.15, -0.1) is 13.2 Å². The second kappa shape index (κ2) is 8.41. The van der Waals surface area contributed by atoms with Gasteiger partial charge in [0.15, 0.2) is 0 Å². The first-order valence-corrected chi connectivity index (χ1v) is 11.0. The summed E-state index contributed by atoms with van der Waals surface area (Å²) in [6.45, 7) is 0.748. The van der Waals surface area contributed by atoms with E-state index in [1.807, 2.05) is 0 Å². The van der Waals surface area contributed by atoms with Gasteiger partial charge in [-0.1, -0.05) is 0 Å². The molecule has 1 aromatic carbocycles. The number of amides is 1. The van der Waals surface area contributed by atoms with E-state index in [2.05, 4.69) is 14.7 Å². The number of hydrogen-bond donors (Lipinski definition) is 1. The van der Waals surface area contributed by atoms with Crippen LogP contribution in [-0.4, -0.2) is 46.0 Å². The fraction of sp³-hybridized carbons (Fsp3) is 0.375. The molecule has 0 atom stereocenters. The quantitative estimate of drug-likeness (QED) is 0.559. The Bertz CT molecular complexity index is 1260. The highest BCUT2D eigenvalue weighted by Crippen LogP contribution is 2.38. The summed E-state index contributed by atoms with van der Waals surface area (Å²) < 4.78 is 55.8. The summed E-state index contributed by atoms with van der Waals surface area (Å²) in [5.41, 5.74) is 3.13. The van der Waals surface area contributed by atoms with Crippen LogP contribution in [0, 0.1) is 5.82 Å². The number of pyridine rings is 1. The fourth-order valence-electron chi connectivity index (χ4n) is 4.98. The number of benzene rings is 1. The molecule has 10 heteroatoms. The van der Waals surface area contributed by atoms with Crippen LogP contribution in [0.25, 0.3) is 11.0 Å². The van der Waals surface area contributed by atoms with Crippen molar-refractivity contribution in [2.24, 2.45) is 0 Å². The highest BCUT2D eigenvalue weighted by molar-refractivity contribution is 5.95. The van der Waals surface area contributed by atoms with Crippen LogP contribution in [0.2, 0.25) is 0 Å². The molecule has 2 aromatic heterocycles. The lowest BCUT2D eigenvalue weighted by Gasteiger charge is -2.33. The predicted molar refractivity (Wildman–Crippen MR) is 114 cm³/mol. The number of ketones is 1. The van der Waals surface area contributed by atoms with E-state index in [0.29, 0.717) is 55.4 Å². The lowest BCUT2D eigenvalue weighted by molar-refractivity contribution is -0.274. The minimum absolute atomic E-state index is 0.121. The molecule has 2 aliphatic rings. The van der Waals surface area contributed by atoms with Crippen LogP contribution in [0.3, 0.4) is 0 Å². The van der Waals surface area contributed by atoms with E-state index < -0.39 is 17.9 Å². The maximum atomic E-state index is 15.0. The minimum Gasteiger partial charge on any atom is -0.406 e. The largest absolute Gasteiger partial charge is 0.573 e. The third kappa shape index (κ3) is 4.24. The Balaban J connectivity index is 1.33. The first kappa shape index (κ1) is 22.4. The molecule has 5 rings (SSSR count). The van der Waals surface area contributed by atoms with Gasteiger partial charge in [-0.2, -0.15) is 0 Å². The zero-order chi connectivity index (χ0) is 24.0. The van der Waals surface area contributed by atoms with Crippen LogP contribution in [0.4, 0.5) is 17.6 Å². The number of ether oxygens (including phenoxy) is 1. The molecule has 1 aliphatic heterocycles. The van der Waals surface area contributed by atoms with Gasteiger partial charge < -0.3 is 14.6 Å². The zero-order valence-electron chi connectivity index (χ0n) is 18.0. The van der Waals surface area contributed by atoms with Gasteiger partial charge >= 0.3 is 6.36 Å². The zero-order valence-corrected chi connectivity index (χ0v) is 18.0. The number of rotatable bonds is 3. The number of H-pyrrole nitrogens is 1. The van der Waals surface area contributed by atoms with Crippen molar-refractivity contribution in [1.29, 1.82) is 0 Å². The molecule has 1 fully saturated rings. The van der Waals surface area contributed by atoms with E-state index in [9.17, 15) is 27.2 Å². The van der Waals surface area contributed by atoms with Crippen LogP contribution in [0.5, 0.6) is 5.75 Å². The number of fused-ring (bicyclic) bond motifs is 3. The summed E-state index contributed by atoms with van der Waals surface area (Å²) in [5, 5.41) is 0.688. The Morgan fingerprint density at radius 2 is 1.82 bits per heavy atom. The number of Topliss-reactive ketones (excluding diaryl/α,β-unsaturated/α-hetero) is 1. The topological polar surface area (TPSA) is 75.3 Å². The monoisotopic (exact) mass is 475 g/mol. The predicted octanol–water partition coefficient (Wildman–Crippen LogP) is 4.68. The van der Waals surface area contributed by atoms with Crippen LogP contribution in [-0.2, 0) is 17.6 Å². The maximum Gasteiger partial charge on any atom is 0.573 e. The van der Waals surface area contributed by atoms with Crippen LogP contribution in [0.1, 0.15) is 52.4 Å². The highest BCUT2D eigenvalue weighted by atomic mass is 19.4. The summed E-state index contributed by atoms with van der Waals surface area (Å²) in [7, 11) is 0. The summed E-state index contributed by atoms with van der Waals surface area (Å²) in [5.74, 6) is -1.14. The van der Waals surface area contributed by atoms with E-state index in [1.165, 1.54) is 18.3 Å². The molecule has 0 unspecified atom stereocenters. The molecular weight excluding hydrogens is 454 g/mol. The van der Waals surface area contributed by atoms with E-state index >= 15 is 0 Å². The minimum atomic E-state index is -4.80. The molecule has 1 amide bonds. The number of likely N-dealkylation sites (tertiary alicyclic amines) is 1. The number of aromatic nitrogens is 2. The standard InChI is InChI=1S/C24H21F4N3O3/c25-18-12-29-22-21(17-11-15(32)3-6-19(17)30-22)20(18)13-7-9-31(10-8-13)23(33)14-1-4-16(5-2-14)34-24(26,27)28/h1-2,4-5,12-13H,3,6-11H2,(H,29,30). The average molecular weight is 475 g/mol. The van der Waals surface area contributed by atoms with Crippen molar-refractivity contribution in [3.8, 4) is 5.75 Å². The van der Waals surface area contributed by atoms with Gasteiger partial charge in [0.05, 0.1) is 6.20 Å². The number of alkyl halides is 3. The summed E-state index contributed by atoms with van der Waals surface area (Å²) in [6.07, 6.45) is -1.25. The van der Waals surface area contributed by atoms with Gasteiger partial charge in [-0.3, -0.25) is 9.59 Å². The third-order valence-corrected chi connectivity index (χ3v) is 6.56. The second-order valence-electron chi connectivity index (χ2n) is 8.68. The maximum absolute atomic E-state index is 15.0. The van der Waals surface area contributed by atoms with Crippen molar-refractivity contribution in [3.63, 3.8) is 0 Å². The number of carbonyl (C=O) groups is 2. The first-order chi connectivity index (χ1) is 16.2. The van der Waals surface area contributed by atoms with E-state index in [0.717, 1.165) is 23.4 Å².